The molecule has 0 saturated heterocycles. The van der Waals surface area contributed by atoms with Crippen molar-refractivity contribution in [1.82, 2.24) is 9.78 Å². The lowest BCUT2D eigenvalue weighted by molar-refractivity contribution is 0.387. The Labute approximate surface area is 74.5 Å². The minimum Gasteiger partial charge on any atom is -0.321 e. The highest BCUT2D eigenvalue weighted by Crippen LogP contribution is 2.32. The maximum atomic E-state index is 10.7. The van der Waals surface area contributed by atoms with Crippen LogP contribution in [-0.4, -0.2) is 25.7 Å². The second-order valence-corrected chi connectivity index (χ2v) is 4.23. The summed E-state index contributed by atoms with van der Waals surface area (Å²) in [5, 5.41) is 3.56. The standard InChI is InChI=1S/C5H11N4O3P/c6-5(7)3-9-2-4(1-8-9)13(10,11)12/h1-2,5H,3,6-7H2,(H2,10,11,12). The highest BCUT2D eigenvalue weighted by molar-refractivity contribution is 7.60. The molecule has 0 aliphatic heterocycles. The fourth-order valence-corrected chi connectivity index (χ4v) is 1.30. The van der Waals surface area contributed by atoms with E-state index in [1.165, 1.54) is 10.9 Å². The van der Waals surface area contributed by atoms with Crippen molar-refractivity contribution in [3.05, 3.63) is 12.4 Å². The normalized spacial score (nSPS) is 12.4. The first-order valence-electron chi connectivity index (χ1n) is 3.49. The van der Waals surface area contributed by atoms with Crippen molar-refractivity contribution in [2.75, 3.05) is 0 Å². The molecule has 1 heterocycles. The van der Waals surface area contributed by atoms with Crippen LogP contribution in [0.5, 0.6) is 0 Å². The first-order valence-corrected chi connectivity index (χ1v) is 5.10. The molecule has 0 unspecified atom stereocenters. The van der Waals surface area contributed by atoms with Gasteiger partial charge < -0.3 is 21.3 Å². The Bertz CT molecular complexity index is 330. The lowest BCUT2D eigenvalue weighted by Gasteiger charge is -2.04. The molecular formula is C5H11N4O3P. The van der Waals surface area contributed by atoms with Crippen LogP contribution >= 0.6 is 7.60 Å². The molecule has 0 amide bonds. The average Bonchev–Trinajstić information content (AvgIpc) is 2.32. The number of hydrogen-bond donors (Lipinski definition) is 4. The van der Waals surface area contributed by atoms with E-state index in [0.717, 1.165) is 6.20 Å². The van der Waals surface area contributed by atoms with Gasteiger partial charge in [-0.15, -0.1) is 0 Å². The summed E-state index contributed by atoms with van der Waals surface area (Å²) in [5.74, 6) is 0. The molecule has 1 rings (SSSR count). The van der Waals surface area contributed by atoms with E-state index in [4.69, 9.17) is 21.3 Å². The molecular weight excluding hydrogens is 195 g/mol. The third-order valence-corrected chi connectivity index (χ3v) is 2.26. The second kappa shape index (κ2) is 3.57. The van der Waals surface area contributed by atoms with E-state index in [-0.39, 0.29) is 11.8 Å². The first-order chi connectivity index (χ1) is 5.89. The highest BCUT2D eigenvalue weighted by atomic mass is 31.2. The van der Waals surface area contributed by atoms with Crippen molar-refractivity contribution in [2.24, 2.45) is 11.5 Å². The van der Waals surface area contributed by atoms with E-state index in [0.29, 0.717) is 0 Å². The Morgan fingerprint density at radius 3 is 2.62 bits per heavy atom. The molecule has 1 aromatic heterocycles. The Morgan fingerprint density at radius 2 is 2.23 bits per heavy atom. The molecule has 0 spiro atoms. The molecule has 0 aliphatic rings. The molecule has 13 heavy (non-hydrogen) atoms. The molecule has 0 aromatic carbocycles. The van der Waals surface area contributed by atoms with Gasteiger partial charge in [0.05, 0.1) is 18.9 Å². The van der Waals surface area contributed by atoms with Gasteiger partial charge >= 0.3 is 7.60 Å². The summed E-state index contributed by atoms with van der Waals surface area (Å²) in [5.41, 5.74) is 10.5. The van der Waals surface area contributed by atoms with Gasteiger partial charge in [-0.1, -0.05) is 0 Å². The maximum Gasteiger partial charge on any atom is 0.359 e. The van der Waals surface area contributed by atoms with Gasteiger partial charge in [-0.3, -0.25) is 9.25 Å². The number of rotatable bonds is 3. The number of hydrogen-bond acceptors (Lipinski definition) is 4. The van der Waals surface area contributed by atoms with Gasteiger partial charge in [-0.25, -0.2) is 0 Å². The van der Waals surface area contributed by atoms with Crippen LogP contribution in [0.3, 0.4) is 0 Å². The summed E-state index contributed by atoms with van der Waals surface area (Å²) in [6.07, 6.45) is 1.74. The van der Waals surface area contributed by atoms with Crippen LogP contribution in [-0.2, 0) is 11.1 Å². The predicted molar refractivity (Wildman–Crippen MR) is 46.1 cm³/mol. The Morgan fingerprint density at radius 1 is 1.62 bits per heavy atom. The summed E-state index contributed by atoms with van der Waals surface area (Å²) in [7, 11) is -4.21. The van der Waals surface area contributed by atoms with Gasteiger partial charge in [0.2, 0.25) is 0 Å². The molecule has 0 radical (unpaired) electrons. The lowest BCUT2D eigenvalue weighted by Crippen LogP contribution is -2.35. The Kier molecular flexibility index (Phi) is 2.84. The van der Waals surface area contributed by atoms with E-state index in [1.807, 2.05) is 0 Å². The fraction of sp³-hybridized carbons (Fsp3) is 0.400. The number of nitrogens with zero attached hydrogens (tertiary/aromatic N) is 2. The monoisotopic (exact) mass is 206 g/mol. The molecule has 0 atom stereocenters. The van der Waals surface area contributed by atoms with E-state index in [2.05, 4.69) is 5.10 Å². The third-order valence-electron chi connectivity index (χ3n) is 1.35. The minimum atomic E-state index is -4.21. The molecule has 0 fully saturated rings. The van der Waals surface area contributed by atoms with Gasteiger partial charge in [0, 0.05) is 6.20 Å². The van der Waals surface area contributed by atoms with Crippen LogP contribution < -0.4 is 16.8 Å². The van der Waals surface area contributed by atoms with Crippen LogP contribution in [0.2, 0.25) is 0 Å². The van der Waals surface area contributed by atoms with E-state index in [1.54, 1.807) is 0 Å². The topological polar surface area (TPSA) is 127 Å². The summed E-state index contributed by atoms with van der Waals surface area (Å²) in [6, 6.07) is 0. The molecule has 7 nitrogen and oxygen atoms in total. The SMILES string of the molecule is NC(N)Cn1cc(P(=O)(O)O)cn1. The van der Waals surface area contributed by atoms with E-state index >= 15 is 0 Å². The fourth-order valence-electron chi connectivity index (χ4n) is 0.819. The summed E-state index contributed by atoms with van der Waals surface area (Å²) >= 11 is 0. The highest BCUT2D eigenvalue weighted by Gasteiger charge is 2.19. The van der Waals surface area contributed by atoms with Gasteiger partial charge in [0.25, 0.3) is 0 Å². The lowest BCUT2D eigenvalue weighted by atomic mass is 10.5. The minimum absolute atomic E-state index is 0.131. The van der Waals surface area contributed by atoms with Crippen molar-refractivity contribution >= 4 is 12.9 Å². The summed E-state index contributed by atoms with van der Waals surface area (Å²) in [4.78, 5) is 17.5. The van der Waals surface area contributed by atoms with Crippen molar-refractivity contribution in [3.63, 3.8) is 0 Å². The summed E-state index contributed by atoms with van der Waals surface area (Å²) < 4.78 is 12.0. The zero-order valence-electron chi connectivity index (χ0n) is 6.74. The van der Waals surface area contributed by atoms with Gasteiger partial charge in [0.15, 0.2) is 0 Å². The van der Waals surface area contributed by atoms with Crippen LogP contribution in [0.4, 0.5) is 0 Å². The third kappa shape index (κ3) is 2.91. The molecule has 6 N–H and O–H groups in total. The van der Waals surface area contributed by atoms with Crippen molar-refractivity contribution in [3.8, 4) is 0 Å². The molecule has 8 heteroatoms. The molecule has 74 valence electrons. The molecule has 0 bridgehead atoms. The zero-order chi connectivity index (χ0) is 10.1. The molecule has 0 saturated carbocycles. The predicted octanol–water partition coefficient (Wildman–Crippen LogP) is -2.07. The summed E-state index contributed by atoms with van der Waals surface area (Å²) in [6.45, 7) is 0.222. The Balaban J connectivity index is 2.81. The van der Waals surface area contributed by atoms with Gasteiger partial charge in [-0.2, -0.15) is 5.10 Å². The van der Waals surface area contributed by atoms with E-state index < -0.39 is 13.8 Å². The van der Waals surface area contributed by atoms with Crippen LogP contribution in [0, 0.1) is 0 Å². The zero-order valence-corrected chi connectivity index (χ0v) is 7.63. The van der Waals surface area contributed by atoms with E-state index in [9.17, 15) is 4.57 Å². The Hall–Kier alpha value is -0.720. The van der Waals surface area contributed by atoms with Crippen molar-refractivity contribution in [1.29, 1.82) is 0 Å². The quantitative estimate of drug-likeness (QED) is 0.332. The van der Waals surface area contributed by atoms with Crippen LogP contribution in [0.25, 0.3) is 0 Å². The number of aromatic nitrogens is 2. The van der Waals surface area contributed by atoms with Crippen molar-refractivity contribution in [2.45, 2.75) is 12.7 Å². The number of nitrogens with two attached hydrogens (primary N) is 2. The maximum absolute atomic E-state index is 10.7. The molecule has 0 aliphatic carbocycles. The van der Waals surface area contributed by atoms with Crippen molar-refractivity contribution < 1.29 is 14.4 Å². The van der Waals surface area contributed by atoms with Crippen LogP contribution in [0.1, 0.15) is 0 Å². The van der Waals surface area contributed by atoms with Gasteiger partial charge in [-0.05, 0) is 0 Å². The second-order valence-electron chi connectivity index (χ2n) is 2.63. The van der Waals surface area contributed by atoms with Gasteiger partial charge in [0.1, 0.15) is 5.30 Å². The first kappa shape index (κ1) is 10.4. The largest absolute Gasteiger partial charge is 0.359 e. The van der Waals surface area contributed by atoms with Crippen LogP contribution in [0.15, 0.2) is 12.4 Å². The average molecular weight is 206 g/mol. The smallest absolute Gasteiger partial charge is 0.321 e. The molecule has 1 aromatic rings.